The second kappa shape index (κ2) is 10.3. The van der Waals surface area contributed by atoms with Crippen molar-refractivity contribution in [1.29, 1.82) is 0 Å². The third kappa shape index (κ3) is 9.29. The molecule has 2 atom stereocenters. The zero-order valence-electron chi connectivity index (χ0n) is 12.6. The number of carboxylic acids is 2. The number of nitrogens with two attached hydrogens (primary N) is 2. The first-order chi connectivity index (χ1) is 10.6. The molecule has 0 saturated heterocycles. The zero-order chi connectivity index (χ0) is 18.0. The van der Waals surface area contributed by atoms with E-state index < -0.39 is 23.0 Å². The third-order valence-corrected chi connectivity index (χ3v) is 3.64. The number of hydrogen-bond donors (Lipinski definition) is 5. The van der Waals surface area contributed by atoms with Crippen molar-refractivity contribution >= 4 is 35.3 Å². The molecule has 0 heterocycles. The highest BCUT2D eigenvalue weighted by Crippen LogP contribution is 2.18. The monoisotopic (exact) mass is 364 g/mol. The summed E-state index contributed by atoms with van der Waals surface area (Å²) < 4.78 is 0. The van der Waals surface area contributed by atoms with Crippen molar-refractivity contribution in [2.24, 2.45) is 11.5 Å². The van der Waals surface area contributed by atoms with E-state index in [9.17, 15) is 9.59 Å². The van der Waals surface area contributed by atoms with E-state index in [0.29, 0.717) is 12.0 Å². The number of rotatable bonds is 7. The minimum absolute atomic E-state index is 0.00414. The number of phenols is 1. The van der Waals surface area contributed by atoms with Crippen LogP contribution in [0.4, 0.5) is 0 Å². The van der Waals surface area contributed by atoms with Crippen LogP contribution in [-0.4, -0.2) is 50.3 Å². The Kier molecular flexibility index (Phi) is 9.66. The average molecular weight is 365 g/mol. The fourth-order valence-electron chi connectivity index (χ4n) is 1.35. The normalized spacial score (nSPS) is 14.1. The Morgan fingerprint density at radius 3 is 2.22 bits per heavy atom. The molecule has 0 aliphatic rings. The van der Waals surface area contributed by atoms with Gasteiger partial charge < -0.3 is 26.8 Å². The summed E-state index contributed by atoms with van der Waals surface area (Å²) >= 11 is 7.17. The fraction of sp³-hybridized carbons (Fsp3) is 0.429. The molecular weight excluding hydrogens is 344 g/mol. The molecule has 7 nitrogen and oxygen atoms in total. The summed E-state index contributed by atoms with van der Waals surface area (Å²) in [6.45, 7) is 0. The number of aromatic hydroxyl groups is 1. The number of benzene rings is 1. The van der Waals surface area contributed by atoms with Gasteiger partial charge in [-0.25, -0.2) is 4.79 Å². The topological polar surface area (TPSA) is 147 Å². The lowest BCUT2D eigenvalue weighted by Gasteiger charge is -2.16. The molecular formula is C14H21ClN2O5S. The average Bonchev–Trinajstić information content (AvgIpc) is 2.47. The molecule has 1 rings (SSSR count). The van der Waals surface area contributed by atoms with Crippen molar-refractivity contribution in [3.8, 4) is 5.75 Å². The predicted molar refractivity (Wildman–Crippen MR) is 90.8 cm³/mol. The molecule has 0 spiro atoms. The van der Waals surface area contributed by atoms with Gasteiger partial charge in [0.15, 0.2) is 5.00 Å². The fourth-order valence-corrected chi connectivity index (χ4v) is 2.00. The highest BCUT2D eigenvalue weighted by Gasteiger charge is 2.31. The summed E-state index contributed by atoms with van der Waals surface area (Å²) in [6, 6.07) is 5.36. The van der Waals surface area contributed by atoms with Crippen LogP contribution in [0.2, 0.25) is 0 Å². The van der Waals surface area contributed by atoms with E-state index >= 15 is 0 Å². The highest BCUT2D eigenvalue weighted by atomic mass is 35.5. The van der Waals surface area contributed by atoms with Crippen LogP contribution >= 0.6 is 23.4 Å². The zero-order valence-corrected chi connectivity index (χ0v) is 14.2. The van der Waals surface area contributed by atoms with Gasteiger partial charge in [0, 0.05) is 6.42 Å². The Bertz CT molecular complexity index is 510. The Morgan fingerprint density at radius 1 is 1.30 bits per heavy atom. The maximum absolute atomic E-state index is 10.6. The lowest BCUT2D eigenvalue weighted by molar-refractivity contribution is -0.140. The van der Waals surface area contributed by atoms with Crippen LogP contribution in [0.1, 0.15) is 12.0 Å². The van der Waals surface area contributed by atoms with E-state index in [2.05, 4.69) is 0 Å². The molecule has 0 fully saturated rings. The molecule has 0 aliphatic carbocycles. The largest absolute Gasteiger partial charge is 0.508 e. The quantitative estimate of drug-likeness (QED) is 0.356. The van der Waals surface area contributed by atoms with Crippen molar-refractivity contribution < 1.29 is 24.9 Å². The van der Waals surface area contributed by atoms with Crippen molar-refractivity contribution in [2.75, 3.05) is 12.0 Å². The predicted octanol–water partition coefficient (Wildman–Crippen LogP) is 1.06. The van der Waals surface area contributed by atoms with Crippen LogP contribution < -0.4 is 11.5 Å². The lowest BCUT2D eigenvalue weighted by atomic mass is 10.1. The number of thioether (sulfide) groups is 1. The highest BCUT2D eigenvalue weighted by molar-refractivity contribution is 7.98. The van der Waals surface area contributed by atoms with Gasteiger partial charge in [-0.1, -0.05) is 23.7 Å². The molecule has 7 N–H and O–H groups in total. The summed E-state index contributed by atoms with van der Waals surface area (Å²) in [6.07, 6.45) is 2.48. The Morgan fingerprint density at radius 2 is 1.83 bits per heavy atom. The first kappa shape index (κ1) is 21.5. The van der Waals surface area contributed by atoms with Crippen LogP contribution in [0.15, 0.2) is 24.3 Å². The molecule has 9 heteroatoms. The van der Waals surface area contributed by atoms with Gasteiger partial charge in [-0.2, -0.15) is 11.8 Å². The summed E-state index contributed by atoms with van der Waals surface area (Å²) in [7, 11) is 0. The van der Waals surface area contributed by atoms with Crippen LogP contribution in [0.3, 0.4) is 0 Å². The van der Waals surface area contributed by atoms with Crippen LogP contribution in [0.5, 0.6) is 5.75 Å². The van der Waals surface area contributed by atoms with Gasteiger partial charge in [0.25, 0.3) is 0 Å². The molecule has 0 aliphatic heterocycles. The molecule has 0 saturated carbocycles. The standard InChI is InChI=1S/C9H10ClNO3.C5H11NO2S/c10-9(11,8(13)14)5-6-1-3-7(12)4-2-6;1-9-3-2-4(6)5(7)8/h1-4,12H,5,11H2,(H,13,14);4H,2-3,6H2,1H3,(H,7,8)/t9-;4-/m00/s1. The van der Waals surface area contributed by atoms with E-state index in [4.69, 9.17) is 38.4 Å². The minimum atomic E-state index is -1.79. The van der Waals surface area contributed by atoms with Crippen LogP contribution in [0, 0.1) is 0 Å². The van der Waals surface area contributed by atoms with Gasteiger partial charge >= 0.3 is 11.9 Å². The van der Waals surface area contributed by atoms with Gasteiger partial charge in [0.2, 0.25) is 0 Å². The number of carbonyl (C=O) groups is 2. The van der Waals surface area contributed by atoms with E-state index in [1.54, 1.807) is 23.9 Å². The molecule has 23 heavy (non-hydrogen) atoms. The molecule has 0 amide bonds. The van der Waals surface area contributed by atoms with Crippen molar-refractivity contribution in [3.05, 3.63) is 29.8 Å². The molecule has 0 unspecified atom stereocenters. The smallest absolute Gasteiger partial charge is 0.339 e. The third-order valence-electron chi connectivity index (χ3n) is 2.70. The van der Waals surface area contributed by atoms with Crippen LogP contribution in [-0.2, 0) is 16.0 Å². The van der Waals surface area contributed by atoms with Gasteiger partial charge in [0.05, 0.1) is 0 Å². The Balaban J connectivity index is 0.000000468. The Hall–Kier alpha value is -1.48. The molecule has 1 aromatic rings. The summed E-state index contributed by atoms with van der Waals surface area (Å²) in [5, 5.41) is 25.9. The first-order valence-corrected chi connectivity index (χ1v) is 8.33. The summed E-state index contributed by atoms with van der Waals surface area (Å²) in [5.74, 6) is -1.26. The number of carboxylic acid groups (broad SMARTS) is 2. The lowest BCUT2D eigenvalue weighted by Crippen LogP contribution is -2.44. The van der Waals surface area contributed by atoms with Gasteiger partial charge in [-0.3, -0.25) is 4.79 Å². The molecule has 0 radical (unpaired) electrons. The SMILES string of the molecule is CSCC[C@H](N)C(=O)O.N[C@@](Cl)(Cc1ccc(O)cc1)C(=O)O. The number of phenolic OH excluding ortho intramolecular Hbond substituents is 1. The maximum Gasteiger partial charge on any atom is 0.339 e. The summed E-state index contributed by atoms with van der Waals surface area (Å²) in [4.78, 5) is 18.9. The van der Waals surface area contributed by atoms with Gasteiger partial charge in [-0.05, 0) is 36.1 Å². The van der Waals surface area contributed by atoms with Gasteiger partial charge in [-0.15, -0.1) is 0 Å². The van der Waals surface area contributed by atoms with E-state index in [1.807, 2.05) is 6.26 Å². The van der Waals surface area contributed by atoms with Gasteiger partial charge in [0.1, 0.15) is 11.8 Å². The second-order valence-electron chi connectivity index (χ2n) is 4.74. The Labute approximate surface area is 143 Å². The second-order valence-corrected chi connectivity index (χ2v) is 6.40. The first-order valence-electron chi connectivity index (χ1n) is 6.56. The minimum Gasteiger partial charge on any atom is -0.508 e. The number of hydrogen-bond acceptors (Lipinski definition) is 6. The number of alkyl halides is 1. The van der Waals surface area contributed by atoms with E-state index in [1.165, 1.54) is 12.1 Å². The van der Waals surface area contributed by atoms with Crippen molar-refractivity contribution in [3.63, 3.8) is 0 Å². The molecule has 130 valence electrons. The molecule has 0 bridgehead atoms. The molecule has 1 aromatic carbocycles. The van der Waals surface area contributed by atoms with E-state index in [0.717, 1.165) is 5.75 Å². The van der Waals surface area contributed by atoms with Crippen LogP contribution in [0.25, 0.3) is 0 Å². The van der Waals surface area contributed by atoms with E-state index in [-0.39, 0.29) is 12.2 Å². The summed E-state index contributed by atoms with van der Waals surface area (Å²) in [5.41, 5.74) is 11.2. The maximum atomic E-state index is 10.6. The number of aliphatic carboxylic acids is 2. The number of halogens is 1. The van der Waals surface area contributed by atoms with Crippen molar-refractivity contribution in [1.82, 2.24) is 0 Å². The van der Waals surface area contributed by atoms with Crippen molar-refractivity contribution in [2.45, 2.75) is 23.9 Å². The molecule has 0 aromatic heterocycles.